The molecule has 2 nitrogen and oxygen atoms in total. The van der Waals surface area contributed by atoms with Crippen molar-refractivity contribution in [3.63, 3.8) is 0 Å². The van der Waals surface area contributed by atoms with Crippen molar-refractivity contribution in [3.8, 4) is 0 Å². The molecular formula is C11H22O2. The molecule has 0 aliphatic carbocycles. The highest BCUT2D eigenvalue weighted by Gasteiger charge is 2.28. The zero-order chi connectivity index (χ0) is 10.3. The molecule has 0 saturated heterocycles. The monoisotopic (exact) mass is 186 g/mol. The molecule has 0 aromatic carbocycles. The molecule has 0 aliphatic heterocycles. The highest BCUT2D eigenvalue weighted by molar-refractivity contribution is 5.67. The molecule has 0 aliphatic rings. The van der Waals surface area contributed by atoms with Crippen LogP contribution in [0.15, 0.2) is 0 Å². The topological polar surface area (TPSA) is 37.3 Å². The molecule has 0 saturated carbocycles. The molecule has 0 rings (SSSR count). The average molecular weight is 186 g/mol. The molecule has 0 unspecified atom stereocenters. The van der Waals surface area contributed by atoms with E-state index in [0.717, 1.165) is 32.1 Å². The normalized spacial score (nSPS) is 11.6. The van der Waals surface area contributed by atoms with Gasteiger partial charge in [0, 0.05) is 0 Å². The first-order valence-electron chi connectivity index (χ1n) is 5.32. The smallest absolute Gasteiger partial charge is 0.303 e. The lowest BCUT2D eigenvalue weighted by Gasteiger charge is -2.30. The summed E-state index contributed by atoms with van der Waals surface area (Å²) in [6.07, 6.45) is 5.58. The first-order chi connectivity index (χ1) is 6.10. The fraction of sp³-hybridized carbons (Fsp3) is 0.909. The van der Waals surface area contributed by atoms with Crippen molar-refractivity contribution in [3.05, 3.63) is 0 Å². The maximum absolute atomic E-state index is 10.7. The van der Waals surface area contributed by atoms with Gasteiger partial charge < -0.3 is 5.11 Å². The van der Waals surface area contributed by atoms with Crippen LogP contribution in [0, 0.1) is 5.41 Å². The van der Waals surface area contributed by atoms with Crippen molar-refractivity contribution in [2.45, 2.75) is 59.3 Å². The predicted molar refractivity (Wildman–Crippen MR) is 54.8 cm³/mol. The fourth-order valence-corrected chi connectivity index (χ4v) is 2.16. The second-order valence-electron chi connectivity index (χ2n) is 3.92. The van der Waals surface area contributed by atoms with E-state index >= 15 is 0 Å². The number of aliphatic carboxylic acids is 1. The number of carboxylic acids is 1. The minimum Gasteiger partial charge on any atom is -0.481 e. The Morgan fingerprint density at radius 1 is 1.15 bits per heavy atom. The van der Waals surface area contributed by atoms with Crippen LogP contribution in [0.2, 0.25) is 0 Å². The Bertz CT molecular complexity index is 146. The van der Waals surface area contributed by atoms with E-state index in [-0.39, 0.29) is 5.41 Å². The van der Waals surface area contributed by atoms with Gasteiger partial charge in [-0.15, -0.1) is 0 Å². The second-order valence-corrected chi connectivity index (χ2v) is 3.92. The van der Waals surface area contributed by atoms with Crippen molar-refractivity contribution in [1.29, 1.82) is 0 Å². The van der Waals surface area contributed by atoms with Gasteiger partial charge in [-0.25, -0.2) is 0 Å². The van der Waals surface area contributed by atoms with E-state index in [0.29, 0.717) is 6.42 Å². The molecule has 78 valence electrons. The van der Waals surface area contributed by atoms with Crippen LogP contribution in [0.4, 0.5) is 0 Å². The van der Waals surface area contributed by atoms with Gasteiger partial charge in [-0.05, 0) is 24.7 Å². The van der Waals surface area contributed by atoms with Gasteiger partial charge >= 0.3 is 5.97 Å². The summed E-state index contributed by atoms with van der Waals surface area (Å²) < 4.78 is 0. The third-order valence-electron chi connectivity index (χ3n) is 2.84. The molecule has 2 heteroatoms. The van der Waals surface area contributed by atoms with Gasteiger partial charge in [0.2, 0.25) is 0 Å². The molecule has 0 bridgehead atoms. The summed E-state index contributed by atoms with van der Waals surface area (Å²) in [7, 11) is 0. The molecular weight excluding hydrogens is 164 g/mol. The van der Waals surface area contributed by atoms with Gasteiger partial charge in [-0.1, -0.05) is 33.6 Å². The van der Waals surface area contributed by atoms with Crippen LogP contribution in [0.3, 0.4) is 0 Å². The van der Waals surface area contributed by atoms with Crippen molar-refractivity contribution < 1.29 is 9.90 Å². The number of hydrogen-bond donors (Lipinski definition) is 1. The molecule has 0 spiro atoms. The second kappa shape index (κ2) is 6.01. The van der Waals surface area contributed by atoms with Gasteiger partial charge in [-0.2, -0.15) is 0 Å². The summed E-state index contributed by atoms with van der Waals surface area (Å²) in [4.78, 5) is 10.7. The van der Waals surface area contributed by atoms with Crippen molar-refractivity contribution in [2.24, 2.45) is 5.41 Å². The molecule has 1 N–H and O–H groups in total. The Labute approximate surface area is 81.3 Å². The van der Waals surface area contributed by atoms with Crippen LogP contribution in [0.1, 0.15) is 59.3 Å². The highest BCUT2D eigenvalue weighted by Crippen LogP contribution is 2.36. The zero-order valence-corrected chi connectivity index (χ0v) is 9.10. The molecule has 0 fully saturated rings. The van der Waals surface area contributed by atoms with Crippen molar-refractivity contribution in [2.75, 3.05) is 0 Å². The lowest BCUT2D eigenvalue weighted by molar-refractivity contribution is -0.140. The lowest BCUT2D eigenvalue weighted by atomic mass is 9.74. The van der Waals surface area contributed by atoms with Gasteiger partial charge in [0.25, 0.3) is 0 Å². The van der Waals surface area contributed by atoms with Crippen LogP contribution in [0.25, 0.3) is 0 Å². The SMILES string of the molecule is CCCC(CC)(CCC)CC(=O)O. The Kier molecular flexibility index (Phi) is 5.76. The summed E-state index contributed by atoms with van der Waals surface area (Å²) in [5.74, 6) is -0.649. The van der Waals surface area contributed by atoms with Gasteiger partial charge in [-0.3, -0.25) is 4.79 Å². The standard InChI is InChI=1S/C11H22O2/c1-4-7-11(6-3,8-5-2)9-10(12)13/h4-9H2,1-3H3,(H,12,13). The summed E-state index contributed by atoms with van der Waals surface area (Å²) in [5.41, 5.74) is 0.0648. The number of carbonyl (C=O) groups is 1. The molecule has 13 heavy (non-hydrogen) atoms. The predicted octanol–water partition coefficient (Wildman–Crippen LogP) is 3.46. The van der Waals surface area contributed by atoms with Crippen LogP contribution in [-0.4, -0.2) is 11.1 Å². The Balaban J connectivity index is 4.33. The molecule has 0 atom stereocenters. The lowest BCUT2D eigenvalue weighted by Crippen LogP contribution is -2.23. The van der Waals surface area contributed by atoms with Gasteiger partial charge in [0.15, 0.2) is 0 Å². The van der Waals surface area contributed by atoms with E-state index < -0.39 is 5.97 Å². The molecule has 0 radical (unpaired) electrons. The van der Waals surface area contributed by atoms with Crippen LogP contribution in [0.5, 0.6) is 0 Å². The van der Waals surface area contributed by atoms with Gasteiger partial charge in [0.05, 0.1) is 6.42 Å². The maximum Gasteiger partial charge on any atom is 0.303 e. The minimum atomic E-state index is -0.649. The average Bonchev–Trinajstić information content (AvgIpc) is 2.04. The van der Waals surface area contributed by atoms with Crippen LogP contribution in [-0.2, 0) is 4.79 Å². The number of rotatable bonds is 7. The van der Waals surface area contributed by atoms with Crippen molar-refractivity contribution >= 4 is 5.97 Å². The van der Waals surface area contributed by atoms with E-state index in [2.05, 4.69) is 20.8 Å². The summed E-state index contributed by atoms with van der Waals surface area (Å²) in [6.45, 7) is 6.36. The third kappa shape index (κ3) is 4.30. The third-order valence-corrected chi connectivity index (χ3v) is 2.84. The van der Waals surface area contributed by atoms with Crippen LogP contribution < -0.4 is 0 Å². The molecule has 0 heterocycles. The largest absolute Gasteiger partial charge is 0.481 e. The first-order valence-corrected chi connectivity index (χ1v) is 5.32. The first kappa shape index (κ1) is 12.5. The van der Waals surface area contributed by atoms with E-state index in [4.69, 9.17) is 5.11 Å². The molecule has 0 aromatic heterocycles. The van der Waals surface area contributed by atoms with Crippen molar-refractivity contribution in [1.82, 2.24) is 0 Å². The summed E-state index contributed by atoms with van der Waals surface area (Å²) >= 11 is 0. The fourth-order valence-electron chi connectivity index (χ4n) is 2.16. The van der Waals surface area contributed by atoms with Crippen LogP contribution >= 0.6 is 0 Å². The zero-order valence-electron chi connectivity index (χ0n) is 9.10. The minimum absolute atomic E-state index is 0.0648. The summed E-state index contributed by atoms with van der Waals surface area (Å²) in [5, 5.41) is 8.83. The Morgan fingerprint density at radius 2 is 1.62 bits per heavy atom. The van der Waals surface area contributed by atoms with E-state index in [9.17, 15) is 4.79 Å². The van der Waals surface area contributed by atoms with E-state index in [1.807, 2.05) is 0 Å². The quantitative estimate of drug-likeness (QED) is 0.661. The number of hydrogen-bond acceptors (Lipinski definition) is 1. The summed E-state index contributed by atoms with van der Waals surface area (Å²) in [6, 6.07) is 0. The molecule has 0 amide bonds. The molecule has 0 aromatic rings. The van der Waals surface area contributed by atoms with E-state index in [1.165, 1.54) is 0 Å². The Morgan fingerprint density at radius 3 is 1.85 bits per heavy atom. The number of carboxylic acid groups (broad SMARTS) is 1. The van der Waals surface area contributed by atoms with Gasteiger partial charge in [0.1, 0.15) is 0 Å². The maximum atomic E-state index is 10.7. The Hall–Kier alpha value is -0.530. The highest BCUT2D eigenvalue weighted by atomic mass is 16.4. The van der Waals surface area contributed by atoms with E-state index in [1.54, 1.807) is 0 Å².